The summed E-state index contributed by atoms with van der Waals surface area (Å²) in [4.78, 5) is 44.8. The average Bonchev–Trinajstić information content (AvgIpc) is 2.64. The van der Waals surface area contributed by atoms with E-state index in [1.165, 1.54) is 7.11 Å². The monoisotopic (exact) mass is 394 g/mol. The molecule has 0 saturated heterocycles. The largest absolute Gasteiger partial charge is 0.465 e. The predicted octanol–water partition coefficient (Wildman–Crippen LogP) is 3.03. The summed E-state index contributed by atoms with van der Waals surface area (Å²) in [5.74, 6) is 0.161. The maximum Gasteiger partial charge on any atom is 0.337 e. The lowest BCUT2D eigenvalue weighted by atomic mass is 9.70. The number of ether oxygens (including phenoxy) is 2. The van der Waals surface area contributed by atoms with Gasteiger partial charge in [-0.05, 0) is 30.0 Å². The topological polar surface area (TPSA) is 98.3 Å². The molecule has 0 saturated carbocycles. The summed E-state index contributed by atoms with van der Waals surface area (Å²) in [6, 6.07) is 6.74. The van der Waals surface area contributed by atoms with Gasteiger partial charge in [-0.3, -0.25) is 9.59 Å². The Bertz CT molecular complexity index is 1110. The summed E-state index contributed by atoms with van der Waals surface area (Å²) >= 11 is 0. The fourth-order valence-electron chi connectivity index (χ4n) is 4.12. The van der Waals surface area contributed by atoms with Gasteiger partial charge in [-0.25, -0.2) is 4.79 Å². The number of allylic oxidation sites excluding steroid dienone is 2. The second kappa shape index (κ2) is 6.69. The quantitative estimate of drug-likeness (QED) is 0.786. The van der Waals surface area contributed by atoms with Gasteiger partial charge in [-0.1, -0.05) is 26.0 Å². The molecule has 7 nitrogen and oxygen atoms in total. The number of methoxy groups -OCH3 is 1. The highest BCUT2D eigenvalue weighted by atomic mass is 16.5. The zero-order valence-electron chi connectivity index (χ0n) is 16.8. The van der Waals surface area contributed by atoms with Crippen molar-refractivity contribution in [1.29, 1.82) is 0 Å². The van der Waals surface area contributed by atoms with E-state index >= 15 is 0 Å². The van der Waals surface area contributed by atoms with Gasteiger partial charge in [0.05, 0.1) is 24.2 Å². The highest BCUT2D eigenvalue weighted by molar-refractivity contribution is 6.00. The molecule has 29 heavy (non-hydrogen) atoms. The molecule has 0 spiro atoms. The number of aromatic amines is 1. The van der Waals surface area contributed by atoms with Gasteiger partial charge < -0.3 is 14.5 Å². The third-order valence-corrected chi connectivity index (χ3v) is 5.38. The molecule has 1 aromatic heterocycles. The predicted molar refractivity (Wildman–Crippen MR) is 105 cm³/mol. The van der Waals surface area contributed by atoms with E-state index in [1.54, 1.807) is 31.2 Å². The third kappa shape index (κ3) is 3.26. The Morgan fingerprint density at radius 2 is 1.90 bits per heavy atom. The fourth-order valence-corrected chi connectivity index (χ4v) is 4.12. The smallest absolute Gasteiger partial charge is 0.337 e. The van der Waals surface area contributed by atoms with Crippen LogP contribution in [0.25, 0.3) is 0 Å². The molecular formula is C22H22N2O5. The van der Waals surface area contributed by atoms with E-state index in [2.05, 4.69) is 9.97 Å². The van der Waals surface area contributed by atoms with Crippen molar-refractivity contribution in [1.82, 2.24) is 9.97 Å². The second-order valence-corrected chi connectivity index (χ2v) is 8.30. The normalized spacial score (nSPS) is 19.9. The Hall–Kier alpha value is -3.22. The maximum absolute atomic E-state index is 13.1. The van der Waals surface area contributed by atoms with Crippen LogP contribution in [0.4, 0.5) is 0 Å². The SMILES string of the molecule is COC(=O)c1ccc(C2C3=C(CC(C)(C)CC3=O)Oc3nc(C)[nH]c(=O)c32)cc1. The number of H-pyrrole nitrogens is 1. The molecule has 0 radical (unpaired) electrons. The highest BCUT2D eigenvalue weighted by Crippen LogP contribution is 2.48. The summed E-state index contributed by atoms with van der Waals surface area (Å²) < 4.78 is 10.7. The number of aryl methyl sites for hydroxylation is 1. The Morgan fingerprint density at radius 1 is 1.21 bits per heavy atom. The highest BCUT2D eigenvalue weighted by Gasteiger charge is 2.43. The zero-order chi connectivity index (χ0) is 20.9. The van der Waals surface area contributed by atoms with Gasteiger partial charge in [0.25, 0.3) is 5.56 Å². The number of benzene rings is 1. The van der Waals surface area contributed by atoms with E-state index in [1.807, 2.05) is 13.8 Å². The number of aromatic nitrogens is 2. The van der Waals surface area contributed by atoms with Crippen LogP contribution in [0.15, 0.2) is 40.4 Å². The van der Waals surface area contributed by atoms with Crippen molar-refractivity contribution in [3.8, 4) is 5.88 Å². The minimum absolute atomic E-state index is 0.0380. The maximum atomic E-state index is 13.1. The number of esters is 1. The van der Waals surface area contributed by atoms with Crippen LogP contribution in [0.5, 0.6) is 5.88 Å². The minimum Gasteiger partial charge on any atom is -0.465 e. The van der Waals surface area contributed by atoms with Gasteiger partial charge in [0, 0.05) is 18.4 Å². The molecule has 1 atom stereocenters. The van der Waals surface area contributed by atoms with Crippen molar-refractivity contribution in [2.75, 3.05) is 7.11 Å². The first-order chi connectivity index (χ1) is 13.7. The molecule has 1 N–H and O–H groups in total. The standard InChI is InChI=1S/C22H22N2O5/c1-11-23-19(26)18-16(12-5-7-13(8-6-12)21(27)28-4)17-14(25)9-22(2,3)10-15(17)29-20(18)24-11/h5-8,16H,9-10H2,1-4H3,(H,23,24,26). The van der Waals surface area contributed by atoms with Crippen LogP contribution >= 0.6 is 0 Å². The average molecular weight is 394 g/mol. The van der Waals surface area contributed by atoms with Crippen LogP contribution in [0.3, 0.4) is 0 Å². The lowest BCUT2D eigenvalue weighted by Gasteiger charge is -2.37. The Morgan fingerprint density at radius 3 is 2.55 bits per heavy atom. The lowest BCUT2D eigenvalue weighted by molar-refractivity contribution is -0.118. The first kappa shape index (κ1) is 19.1. The van der Waals surface area contributed by atoms with Crippen molar-refractivity contribution in [3.63, 3.8) is 0 Å². The number of hydrogen-bond acceptors (Lipinski definition) is 6. The van der Waals surface area contributed by atoms with Crippen LogP contribution in [-0.2, 0) is 9.53 Å². The molecule has 0 amide bonds. The first-order valence-corrected chi connectivity index (χ1v) is 9.43. The molecule has 150 valence electrons. The van der Waals surface area contributed by atoms with Crippen molar-refractivity contribution in [2.45, 2.75) is 39.5 Å². The molecule has 7 heteroatoms. The molecule has 1 aliphatic heterocycles. The molecule has 1 aromatic carbocycles. The van der Waals surface area contributed by atoms with E-state index in [0.717, 1.165) is 5.56 Å². The molecule has 1 aliphatic carbocycles. The summed E-state index contributed by atoms with van der Waals surface area (Å²) in [6.45, 7) is 5.72. The molecule has 0 bridgehead atoms. The lowest BCUT2D eigenvalue weighted by Crippen LogP contribution is -2.36. The number of hydrogen-bond donors (Lipinski definition) is 1. The van der Waals surface area contributed by atoms with Gasteiger partial charge in [0.2, 0.25) is 5.88 Å². The number of nitrogens with zero attached hydrogens (tertiary/aromatic N) is 1. The molecule has 2 heterocycles. The number of nitrogens with one attached hydrogen (secondary N) is 1. The minimum atomic E-state index is -0.596. The zero-order valence-corrected chi connectivity index (χ0v) is 16.8. The molecular weight excluding hydrogens is 372 g/mol. The number of carbonyl (C=O) groups excluding carboxylic acids is 2. The van der Waals surface area contributed by atoms with Crippen LogP contribution < -0.4 is 10.3 Å². The Labute approximate surface area is 167 Å². The van der Waals surface area contributed by atoms with Crippen molar-refractivity contribution < 1.29 is 19.1 Å². The van der Waals surface area contributed by atoms with Crippen LogP contribution in [0.2, 0.25) is 0 Å². The van der Waals surface area contributed by atoms with E-state index in [-0.39, 0.29) is 22.6 Å². The molecule has 2 aliphatic rings. The van der Waals surface area contributed by atoms with Gasteiger partial charge in [0.15, 0.2) is 5.78 Å². The fraction of sp³-hybridized carbons (Fsp3) is 0.364. The third-order valence-electron chi connectivity index (χ3n) is 5.38. The van der Waals surface area contributed by atoms with Gasteiger partial charge in [-0.2, -0.15) is 4.98 Å². The van der Waals surface area contributed by atoms with Crippen molar-refractivity contribution >= 4 is 11.8 Å². The summed E-state index contributed by atoms with van der Waals surface area (Å²) in [5.41, 5.74) is 1.36. The summed E-state index contributed by atoms with van der Waals surface area (Å²) in [6.07, 6.45) is 0.955. The van der Waals surface area contributed by atoms with E-state index < -0.39 is 11.9 Å². The number of fused-ring (bicyclic) bond motifs is 1. The molecule has 2 aromatic rings. The van der Waals surface area contributed by atoms with Gasteiger partial charge in [-0.15, -0.1) is 0 Å². The van der Waals surface area contributed by atoms with Crippen LogP contribution in [0.1, 0.15) is 59.9 Å². The number of ketones is 1. The van der Waals surface area contributed by atoms with Crippen LogP contribution in [0, 0.1) is 12.3 Å². The summed E-state index contributed by atoms with van der Waals surface area (Å²) in [5, 5.41) is 0. The van der Waals surface area contributed by atoms with Crippen molar-refractivity contribution in [3.05, 3.63) is 68.5 Å². The molecule has 1 unspecified atom stereocenters. The second-order valence-electron chi connectivity index (χ2n) is 8.30. The van der Waals surface area contributed by atoms with Gasteiger partial charge >= 0.3 is 5.97 Å². The van der Waals surface area contributed by atoms with E-state index in [4.69, 9.17) is 9.47 Å². The van der Waals surface area contributed by atoms with Crippen LogP contribution in [-0.4, -0.2) is 28.8 Å². The molecule has 0 fully saturated rings. The van der Waals surface area contributed by atoms with Crippen molar-refractivity contribution in [2.24, 2.45) is 5.41 Å². The first-order valence-electron chi connectivity index (χ1n) is 9.43. The van der Waals surface area contributed by atoms with E-state index in [0.29, 0.717) is 41.1 Å². The molecule has 4 rings (SSSR count). The van der Waals surface area contributed by atoms with E-state index in [9.17, 15) is 14.4 Å². The number of rotatable bonds is 2. The summed E-state index contributed by atoms with van der Waals surface area (Å²) in [7, 11) is 1.32. The Kier molecular flexibility index (Phi) is 4.41. The Balaban J connectivity index is 1.92. The van der Waals surface area contributed by atoms with Gasteiger partial charge in [0.1, 0.15) is 11.6 Å². The number of carbonyl (C=O) groups is 2. The number of Topliss-reactive ketones (excluding diaryl/α,β-unsaturated/α-hetero) is 1.